The SMILES string of the molecule is CCOC(=O)/C=C/[C@@H](C)C1CCC2C3CC=C4CC5(CC[C@]4(C)C3CC[C@@]21C)OCC(C)(C)CO5. The zero-order valence-corrected chi connectivity index (χ0v) is 23.0. The molecule has 1 aliphatic heterocycles. The molecule has 5 aliphatic rings. The Labute approximate surface area is 213 Å². The quantitative estimate of drug-likeness (QED) is 0.243. The lowest BCUT2D eigenvalue weighted by Crippen LogP contribution is -2.55. The summed E-state index contributed by atoms with van der Waals surface area (Å²) >= 11 is 0. The van der Waals surface area contributed by atoms with Gasteiger partial charge in [-0.3, -0.25) is 0 Å². The van der Waals surface area contributed by atoms with Gasteiger partial charge in [-0.05, 0) is 85.9 Å². The molecule has 0 aromatic rings. The molecule has 0 amide bonds. The van der Waals surface area contributed by atoms with Crippen LogP contribution >= 0.6 is 0 Å². The molecule has 4 unspecified atom stereocenters. The van der Waals surface area contributed by atoms with Gasteiger partial charge < -0.3 is 14.2 Å². The molecular weight excluding hydrogens is 436 g/mol. The molecule has 35 heavy (non-hydrogen) atoms. The maximum Gasteiger partial charge on any atom is 0.330 e. The summed E-state index contributed by atoms with van der Waals surface area (Å²) in [5.41, 5.74) is 2.41. The summed E-state index contributed by atoms with van der Waals surface area (Å²) in [6.45, 7) is 15.8. The van der Waals surface area contributed by atoms with Gasteiger partial charge in [0.15, 0.2) is 5.79 Å². The van der Waals surface area contributed by atoms with Crippen LogP contribution in [0.3, 0.4) is 0 Å². The number of hydrogen-bond donors (Lipinski definition) is 0. The van der Waals surface area contributed by atoms with E-state index in [0.29, 0.717) is 29.3 Å². The highest BCUT2D eigenvalue weighted by Crippen LogP contribution is 2.68. The van der Waals surface area contributed by atoms with Crippen molar-refractivity contribution in [3.8, 4) is 0 Å². The summed E-state index contributed by atoms with van der Waals surface area (Å²) in [4.78, 5) is 11.9. The average molecular weight is 485 g/mol. The van der Waals surface area contributed by atoms with Crippen molar-refractivity contribution in [3.05, 3.63) is 23.8 Å². The Morgan fingerprint density at radius 1 is 1.09 bits per heavy atom. The van der Waals surface area contributed by atoms with E-state index in [4.69, 9.17) is 14.2 Å². The van der Waals surface area contributed by atoms with E-state index in [1.807, 2.05) is 6.92 Å². The van der Waals surface area contributed by atoms with Gasteiger partial charge in [0, 0.05) is 24.3 Å². The van der Waals surface area contributed by atoms with Crippen molar-refractivity contribution in [2.75, 3.05) is 19.8 Å². The molecule has 0 aromatic heterocycles. The first kappa shape index (κ1) is 25.5. The van der Waals surface area contributed by atoms with Gasteiger partial charge >= 0.3 is 5.97 Å². The van der Waals surface area contributed by atoms with Gasteiger partial charge in [-0.1, -0.05) is 52.3 Å². The normalized spacial score (nSPS) is 42.6. The number of hydrogen-bond acceptors (Lipinski definition) is 4. The van der Waals surface area contributed by atoms with E-state index in [1.54, 1.807) is 11.6 Å². The van der Waals surface area contributed by atoms with E-state index in [9.17, 15) is 4.79 Å². The molecule has 7 atom stereocenters. The fourth-order valence-corrected chi connectivity index (χ4v) is 9.05. The second-order valence-corrected chi connectivity index (χ2v) is 13.8. The van der Waals surface area contributed by atoms with Crippen molar-refractivity contribution in [2.24, 2.45) is 45.8 Å². The fourth-order valence-electron chi connectivity index (χ4n) is 9.05. The molecular formula is C31H48O4. The van der Waals surface area contributed by atoms with Crippen molar-refractivity contribution in [2.45, 2.75) is 98.7 Å². The van der Waals surface area contributed by atoms with Gasteiger partial charge in [-0.2, -0.15) is 0 Å². The van der Waals surface area contributed by atoms with Crippen LogP contribution in [-0.2, 0) is 19.0 Å². The van der Waals surface area contributed by atoms with Gasteiger partial charge in [0.25, 0.3) is 0 Å². The minimum Gasteiger partial charge on any atom is -0.463 e. The summed E-state index contributed by atoms with van der Waals surface area (Å²) in [7, 11) is 0. The first-order valence-electron chi connectivity index (χ1n) is 14.3. The summed E-state index contributed by atoms with van der Waals surface area (Å²) < 4.78 is 18.0. The zero-order valence-electron chi connectivity index (χ0n) is 23.0. The maximum atomic E-state index is 11.9. The van der Waals surface area contributed by atoms with Crippen molar-refractivity contribution in [1.82, 2.24) is 0 Å². The lowest BCUT2D eigenvalue weighted by molar-refractivity contribution is -0.310. The summed E-state index contributed by atoms with van der Waals surface area (Å²) in [5.74, 6) is 2.84. The Morgan fingerprint density at radius 3 is 2.54 bits per heavy atom. The Hall–Kier alpha value is -1.13. The van der Waals surface area contributed by atoms with Crippen LogP contribution in [0, 0.1) is 45.8 Å². The van der Waals surface area contributed by atoms with Crippen LogP contribution in [0.25, 0.3) is 0 Å². The van der Waals surface area contributed by atoms with Crippen molar-refractivity contribution in [1.29, 1.82) is 0 Å². The third kappa shape index (κ3) is 4.35. The molecule has 0 aromatic carbocycles. The number of esters is 1. The van der Waals surface area contributed by atoms with Crippen LogP contribution in [0.1, 0.15) is 92.9 Å². The van der Waals surface area contributed by atoms with E-state index in [0.717, 1.165) is 43.8 Å². The molecule has 1 spiro atoms. The standard InChI is InChI=1S/C31H48O4/c1-7-33-27(32)13-8-21(2)24-11-12-25-23-10-9-22-18-31(34-19-28(3,4)20-35-31)17-16-29(22,5)26(23)14-15-30(24,25)6/h8-9,13,21,23-26H,7,10-12,14-20H2,1-6H3/b13-8+/t21-,23?,24?,25?,26?,29+,30-/m1/s1. The van der Waals surface area contributed by atoms with Gasteiger partial charge in [0.1, 0.15) is 0 Å². The van der Waals surface area contributed by atoms with Gasteiger partial charge in [-0.15, -0.1) is 0 Å². The largest absolute Gasteiger partial charge is 0.463 e. The first-order valence-corrected chi connectivity index (χ1v) is 14.3. The molecule has 5 rings (SSSR count). The smallest absolute Gasteiger partial charge is 0.330 e. The highest BCUT2D eigenvalue weighted by molar-refractivity contribution is 5.81. The molecule has 0 N–H and O–H groups in total. The monoisotopic (exact) mass is 484 g/mol. The predicted octanol–water partition coefficient (Wildman–Crippen LogP) is 7.09. The molecule has 196 valence electrons. The summed E-state index contributed by atoms with van der Waals surface area (Å²) in [5, 5.41) is 0. The van der Waals surface area contributed by atoms with E-state index >= 15 is 0 Å². The summed E-state index contributed by atoms with van der Waals surface area (Å²) in [6, 6.07) is 0. The summed E-state index contributed by atoms with van der Waals surface area (Å²) in [6.07, 6.45) is 16.1. The topological polar surface area (TPSA) is 44.8 Å². The third-order valence-electron chi connectivity index (χ3n) is 11.1. The Kier molecular flexibility index (Phi) is 6.57. The van der Waals surface area contributed by atoms with E-state index in [2.05, 4.69) is 46.8 Å². The van der Waals surface area contributed by atoms with Crippen molar-refractivity contribution in [3.63, 3.8) is 0 Å². The molecule has 4 aliphatic carbocycles. The number of carbonyl (C=O) groups excluding carboxylic acids is 1. The number of ether oxygens (including phenoxy) is 3. The maximum absolute atomic E-state index is 11.9. The van der Waals surface area contributed by atoms with Crippen molar-refractivity contribution >= 4 is 5.97 Å². The Morgan fingerprint density at radius 2 is 1.83 bits per heavy atom. The van der Waals surface area contributed by atoms with Crippen molar-refractivity contribution < 1.29 is 19.0 Å². The fraction of sp³-hybridized carbons (Fsp3) is 0.839. The molecule has 4 heteroatoms. The lowest BCUT2D eigenvalue weighted by atomic mass is 9.46. The predicted molar refractivity (Wildman–Crippen MR) is 139 cm³/mol. The van der Waals surface area contributed by atoms with Crippen LogP contribution in [0.4, 0.5) is 0 Å². The highest BCUT2D eigenvalue weighted by atomic mass is 16.7. The zero-order chi connectivity index (χ0) is 25.1. The van der Waals surface area contributed by atoms with Gasteiger partial charge in [0.05, 0.1) is 19.8 Å². The van der Waals surface area contributed by atoms with Crippen LogP contribution in [0.5, 0.6) is 0 Å². The second kappa shape index (κ2) is 9.01. The van der Waals surface area contributed by atoms with Crippen LogP contribution in [-0.4, -0.2) is 31.6 Å². The van der Waals surface area contributed by atoms with Gasteiger partial charge in [-0.25, -0.2) is 4.79 Å². The second-order valence-electron chi connectivity index (χ2n) is 13.8. The Balaban J connectivity index is 1.31. The van der Waals surface area contributed by atoms with Crippen LogP contribution in [0.15, 0.2) is 23.8 Å². The van der Waals surface area contributed by atoms with E-state index in [-0.39, 0.29) is 17.2 Å². The molecule has 1 heterocycles. The minimum atomic E-state index is -0.379. The van der Waals surface area contributed by atoms with Crippen LogP contribution < -0.4 is 0 Å². The number of carbonyl (C=O) groups is 1. The molecule has 4 fully saturated rings. The highest BCUT2D eigenvalue weighted by Gasteiger charge is 2.60. The van der Waals surface area contributed by atoms with E-state index < -0.39 is 0 Å². The average Bonchev–Trinajstić information content (AvgIpc) is 3.18. The van der Waals surface area contributed by atoms with Crippen LogP contribution in [0.2, 0.25) is 0 Å². The number of fused-ring (bicyclic) bond motifs is 5. The third-order valence-corrected chi connectivity index (χ3v) is 11.1. The van der Waals surface area contributed by atoms with E-state index in [1.165, 1.54) is 38.5 Å². The lowest BCUT2D eigenvalue weighted by Gasteiger charge is -2.60. The minimum absolute atomic E-state index is 0.119. The molecule has 1 saturated heterocycles. The molecule has 0 radical (unpaired) electrons. The Bertz CT molecular complexity index is 876. The number of rotatable bonds is 4. The molecule has 4 nitrogen and oxygen atoms in total. The molecule has 0 bridgehead atoms. The number of allylic oxidation sites excluding steroid dienone is 2. The molecule has 3 saturated carbocycles. The van der Waals surface area contributed by atoms with Gasteiger partial charge in [0.2, 0.25) is 0 Å². The first-order chi connectivity index (χ1) is 16.5.